The molecule has 0 saturated carbocycles. The fourth-order valence-corrected chi connectivity index (χ4v) is 0.998. The summed E-state index contributed by atoms with van der Waals surface area (Å²) in [7, 11) is 0. The number of hydrogen-bond acceptors (Lipinski definition) is 9. The van der Waals surface area contributed by atoms with E-state index in [9.17, 15) is 43.5 Å². The third-order valence-electron chi connectivity index (χ3n) is 1.74. The van der Waals surface area contributed by atoms with Crippen LogP contribution in [0.5, 0.6) is 0 Å². The van der Waals surface area contributed by atoms with Crippen LogP contribution in [0, 0.1) is 30.3 Å². The number of rotatable bonds is 4. The van der Waals surface area contributed by atoms with Crippen LogP contribution in [0.1, 0.15) is 5.82 Å². The molecule has 0 N–H and O–H groups in total. The summed E-state index contributed by atoms with van der Waals surface area (Å²) >= 11 is 0. The van der Waals surface area contributed by atoms with Gasteiger partial charge in [0.25, 0.3) is 5.82 Å². The van der Waals surface area contributed by atoms with Crippen LogP contribution in [-0.4, -0.2) is 35.0 Å². The predicted octanol–water partition coefficient (Wildman–Crippen LogP) is -0.910. The van der Waals surface area contributed by atoms with Gasteiger partial charge in [0.15, 0.2) is 0 Å². The van der Waals surface area contributed by atoms with E-state index in [1.165, 1.54) is 0 Å². The fraction of sp³-hybridized carbons (Fsp3) is 0.667. The third kappa shape index (κ3) is 1.87. The van der Waals surface area contributed by atoms with E-state index in [4.69, 9.17) is 0 Å². The van der Waals surface area contributed by atoms with Crippen molar-refractivity contribution in [1.29, 1.82) is 0 Å². The average molecular weight is 287 g/mol. The van der Waals surface area contributed by atoms with E-state index >= 15 is 0 Å². The summed E-state index contributed by atoms with van der Waals surface area (Å²) in [6.45, 7) is 0. The number of aromatic nitrogens is 4. The molecule has 1 rings (SSSR count). The van der Waals surface area contributed by atoms with Gasteiger partial charge in [0, 0.05) is 0 Å². The molecule has 0 fully saturated rings. The molecule has 0 radical (unpaired) electrons. The summed E-state index contributed by atoms with van der Waals surface area (Å²) in [5, 5.41) is 38.5. The van der Waals surface area contributed by atoms with E-state index in [2.05, 4.69) is 15.5 Å². The monoisotopic (exact) mass is 287 g/mol. The van der Waals surface area contributed by atoms with Crippen molar-refractivity contribution in [3.63, 3.8) is 0 Å². The van der Waals surface area contributed by atoms with Crippen LogP contribution < -0.4 is 0 Å². The Kier molecular flexibility index (Phi) is 3.02. The summed E-state index contributed by atoms with van der Waals surface area (Å²) < 4.78 is 36.0. The molecule has 1 aromatic heterocycles. The van der Waals surface area contributed by atoms with Crippen molar-refractivity contribution in [2.24, 2.45) is 0 Å². The van der Waals surface area contributed by atoms with Crippen molar-refractivity contribution in [2.45, 2.75) is 12.1 Å². The first kappa shape index (κ1) is 14.1. The Balaban J connectivity index is 3.70. The van der Waals surface area contributed by atoms with Crippen molar-refractivity contribution >= 4 is 0 Å². The summed E-state index contributed by atoms with van der Waals surface area (Å²) in [6, 6.07) is 0. The first-order valence-electron chi connectivity index (χ1n) is 3.85. The summed E-state index contributed by atoms with van der Waals surface area (Å²) in [5.74, 6) is -6.95. The van der Waals surface area contributed by atoms with Crippen molar-refractivity contribution < 1.29 is 27.9 Å². The zero-order valence-corrected chi connectivity index (χ0v) is 8.21. The molecule has 16 heteroatoms. The maximum absolute atomic E-state index is 12.4. The van der Waals surface area contributed by atoms with Crippen molar-refractivity contribution in [1.82, 2.24) is 20.2 Å². The molecule has 0 amide bonds. The highest BCUT2D eigenvalue weighted by molar-refractivity contribution is 4.88. The Morgan fingerprint density at radius 3 is 1.74 bits per heavy atom. The van der Waals surface area contributed by atoms with Crippen molar-refractivity contribution in [3.8, 4) is 0 Å². The van der Waals surface area contributed by atoms with E-state index in [1.54, 1.807) is 0 Å². The van der Waals surface area contributed by atoms with Gasteiger partial charge in [0.1, 0.15) is 0 Å². The molecule has 13 nitrogen and oxygen atoms in total. The van der Waals surface area contributed by atoms with Crippen LogP contribution in [0.4, 0.5) is 13.2 Å². The van der Waals surface area contributed by atoms with E-state index in [0.29, 0.717) is 0 Å². The highest BCUT2D eigenvalue weighted by atomic mass is 19.4. The quantitative estimate of drug-likeness (QED) is 0.385. The second kappa shape index (κ2) is 4.07. The number of alkyl halides is 3. The van der Waals surface area contributed by atoms with Gasteiger partial charge in [-0.1, -0.05) is 0 Å². The molecular formula is C3F3N7O6. The molecular weight excluding hydrogens is 287 g/mol. The molecule has 104 valence electrons. The molecule has 0 aromatic carbocycles. The standard InChI is InChI=1S/C3F3N7O6/c4-2(5,6)1-7-8-9-10(1)3(11(14)15,12(16)17)13(18)19. The van der Waals surface area contributed by atoms with E-state index in [1.807, 2.05) is 0 Å². The highest BCUT2D eigenvalue weighted by Crippen LogP contribution is 2.30. The number of nitrogens with zero attached hydrogens (tertiary/aromatic N) is 7. The molecule has 0 spiro atoms. The largest absolute Gasteiger partial charge is 0.824 e. The molecule has 0 aliphatic carbocycles. The lowest BCUT2D eigenvalue weighted by Crippen LogP contribution is -2.56. The number of hydrogen-bond donors (Lipinski definition) is 0. The number of nitro groups is 3. The molecule has 1 aromatic rings. The molecule has 0 atom stereocenters. The van der Waals surface area contributed by atoms with Crippen LogP contribution >= 0.6 is 0 Å². The first-order valence-corrected chi connectivity index (χ1v) is 3.85. The zero-order chi connectivity index (χ0) is 15.0. The Hall–Kier alpha value is -2.94. The average Bonchev–Trinajstić information content (AvgIpc) is 2.64. The second-order valence-corrected chi connectivity index (χ2v) is 2.78. The lowest BCUT2D eigenvalue weighted by molar-refractivity contribution is -1.01. The summed E-state index contributed by atoms with van der Waals surface area (Å²) in [5.41, 5.74) is 0. The van der Waals surface area contributed by atoms with Crippen molar-refractivity contribution in [3.05, 3.63) is 36.2 Å². The van der Waals surface area contributed by atoms with Gasteiger partial charge in [0.2, 0.25) is 14.8 Å². The van der Waals surface area contributed by atoms with Gasteiger partial charge in [-0.3, -0.25) is 30.3 Å². The lowest BCUT2D eigenvalue weighted by Gasteiger charge is -2.09. The highest BCUT2D eigenvalue weighted by Gasteiger charge is 2.77. The molecule has 0 saturated heterocycles. The Morgan fingerprint density at radius 1 is 1.00 bits per heavy atom. The van der Waals surface area contributed by atoms with Gasteiger partial charge in [0.05, 0.1) is 0 Å². The van der Waals surface area contributed by atoms with Gasteiger partial charge in [-0.25, -0.2) is 0 Å². The number of halogens is 3. The second-order valence-electron chi connectivity index (χ2n) is 2.78. The minimum Gasteiger partial charge on any atom is -0.251 e. The zero-order valence-electron chi connectivity index (χ0n) is 8.21. The van der Waals surface area contributed by atoms with Crippen LogP contribution in [0.2, 0.25) is 0 Å². The summed E-state index contributed by atoms with van der Waals surface area (Å²) in [6.07, 6.45) is -5.46. The maximum atomic E-state index is 12.4. The molecule has 19 heavy (non-hydrogen) atoms. The number of tetrazole rings is 1. The van der Waals surface area contributed by atoms with E-state index in [-0.39, 0.29) is 0 Å². The van der Waals surface area contributed by atoms with E-state index in [0.717, 1.165) is 0 Å². The fourth-order valence-electron chi connectivity index (χ4n) is 0.998. The minimum absolute atomic E-state index is 1.12. The minimum atomic E-state index is -5.46. The molecule has 0 aliphatic rings. The van der Waals surface area contributed by atoms with Crippen LogP contribution in [-0.2, 0) is 12.1 Å². The summed E-state index contributed by atoms with van der Waals surface area (Å²) in [4.78, 5) is 25.1. The Labute approximate surface area is 97.6 Å². The topological polar surface area (TPSA) is 173 Å². The normalized spacial score (nSPS) is 12.2. The van der Waals surface area contributed by atoms with Crippen LogP contribution in [0.15, 0.2) is 0 Å². The van der Waals surface area contributed by atoms with Gasteiger partial charge in [-0.2, -0.15) is 13.2 Å². The van der Waals surface area contributed by atoms with Gasteiger partial charge >= 0.3 is 12.1 Å². The third-order valence-corrected chi connectivity index (χ3v) is 1.74. The molecule has 1 heterocycles. The smallest absolute Gasteiger partial charge is 0.251 e. The van der Waals surface area contributed by atoms with Gasteiger partial charge in [-0.15, -0.1) is 5.10 Å². The Bertz CT molecular complexity index is 514. The molecule has 0 bridgehead atoms. The maximum Gasteiger partial charge on any atom is 0.824 e. The van der Waals surface area contributed by atoms with Crippen LogP contribution in [0.3, 0.4) is 0 Å². The van der Waals surface area contributed by atoms with E-state index < -0.39 is 37.4 Å². The predicted molar refractivity (Wildman–Crippen MR) is 41.8 cm³/mol. The Morgan fingerprint density at radius 2 is 1.42 bits per heavy atom. The lowest BCUT2D eigenvalue weighted by atomic mass is 10.5. The van der Waals surface area contributed by atoms with Gasteiger partial charge < -0.3 is 0 Å². The van der Waals surface area contributed by atoms with Crippen LogP contribution in [0.25, 0.3) is 0 Å². The van der Waals surface area contributed by atoms with Gasteiger partial charge in [-0.05, 0) is 15.1 Å². The molecule has 0 unspecified atom stereocenters. The SMILES string of the molecule is O=[N+]([O-])C(n1nnnc1C(F)(F)F)([N+](=O)[O-])[N+](=O)[O-]. The molecule has 0 aliphatic heterocycles. The first-order chi connectivity index (χ1) is 8.56. The van der Waals surface area contributed by atoms with Crippen molar-refractivity contribution in [2.75, 3.05) is 0 Å².